The van der Waals surface area contributed by atoms with E-state index in [-0.39, 0.29) is 17.9 Å². The van der Waals surface area contributed by atoms with Crippen LogP contribution in [-0.2, 0) is 9.53 Å². The van der Waals surface area contributed by atoms with Crippen molar-refractivity contribution in [1.29, 1.82) is 0 Å². The fraction of sp³-hybridized carbons (Fsp3) is 0.500. The van der Waals surface area contributed by atoms with E-state index >= 15 is 0 Å². The molecule has 6 nitrogen and oxygen atoms in total. The summed E-state index contributed by atoms with van der Waals surface area (Å²) in [4.78, 5) is 24.0. The minimum atomic E-state index is -0.561. The average molecular weight is 362 g/mol. The van der Waals surface area contributed by atoms with Crippen molar-refractivity contribution in [3.63, 3.8) is 0 Å². The van der Waals surface area contributed by atoms with E-state index in [9.17, 15) is 9.59 Å². The van der Waals surface area contributed by atoms with Crippen LogP contribution in [0.15, 0.2) is 30.3 Å². The third-order valence-corrected chi connectivity index (χ3v) is 3.52. The summed E-state index contributed by atoms with van der Waals surface area (Å²) < 4.78 is 10.4. The van der Waals surface area contributed by atoms with Gasteiger partial charge in [-0.15, -0.1) is 0 Å². The lowest BCUT2D eigenvalue weighted by molar-refractivity contribution is -0.116. The van der Waals surface area contributed by atoms with Gasteiger partial charge in [0.15, 0.2) is 0 Å². The molecule has 0 saturated carbocycles. The summed E-state index contributed by atoms with van der Waals surface area (Å²) >= 11 is 0. The molecule has 0 fully saturated rings. The summed E-state index contributed by atoms with van der Waals surface area (Å²) in [6.45, 7) is 9.69. The lowest BCUT2D eigenvalue weighted by atomic mass is 10.0. The van der Waals surface area contributed by atoms with E-state index < -0.39 is 11.7 Å². The molecule has 0 aliphatic carbocycles. The molecular formula is C20H30N2O4. The second-order valence-electron chi connectivity index (χ2n) is 7.35. The van der Waals surface area contributed by atoms with Gasteiger partial charge in [-0.05, 0) is 50.5 Å². The number of carbonyl (C=O) groups is 2. The van der Waals surface area contributed by atoms with E-state index in [1.54, 1.807) is 13.2 Å². The van der Waals surface area contributed by atoms with Crippen LogP contribution < -0.4 is 15.4 Å². The second-order valence-corrected chi connectivity index (χ2v) is 7.35. The number of amides is 2. The fourth-order valence-electron chi connectivity index (χ4n) is 2.10. The van der Waals surface area contributed by atoms with E-state index in [1.165, 1.54) is 6.08 Å². The van der Waals surface area contributed by atoms with Crippen molar-refractivity contribution in [2.75, 3.05) is 13.7 Å². The van der Waals surface area contributed by atoms with E-state index in [2.05, 4.69) is 10.6 Å². The molecule has 0 aromatic heterocycles. The zero-order valence-electron chi connectivity index (χ0n) is 16.5. The number of ether oxygens (including phenoxy) is 2. The van der Waals surface area contributed by atoms with Gasteiger partial charge in [0.25, 0.3) is 0 Å². The first-order valence-electron chi connectivity index (χ1n) is 8.70. The molecule has 0 aliphatic heterocycles. The standard InChI is InChI=1S/C20H30N2O4/c1-14(2)17(22-19(24)26-20(3,4)5)13-21-18(23)11-10-15-8-7-9-16(12-15)25-6/h7-12,14,17H,13H2,1-6H3,(H,21,23)(H,22,24)/b11-10+. The molecule has 0 heterocycles. The predicted octanol–water partition coefficient (Wildman–Crippen LogP) is 3.37. The highest BCUT2D eigenvalue weighted by atomic mass is 16.6. The number of hydrogen-bond acceptors (Lipinski definition) is 4. The Kier molecular flexibility index (Phi) is 8.16. The first kappa shape index (κ1) is 21.5. The quantitative estimate of drug-likeness (QED) is 0.729. The van der Waals surface area contributed by atoms with Crippen molar-refractivity contribution in [1.82, 2.24) is 10.6 Å². The number of nitrogens with one attached hydrogen (secondary N) is 2. The molecule has 0 radical (unpaired) electrons. The SMILES string of the molecule is COc1cccc(/C=C/C(=O)NCC(NC(=O)OC(C)(C)C)C(C)C)c1. The smallest absolute Gasteiger partial charge is 0.407 e. The molecule has 144 valence electrons. The molecule has 26 heavy (non-hydrogen) atoms. The van der Waals surface area contributed by atoms with Gasteiger partial charge in [-0.25, -0.2) is 4.79 Å². The van der Waals surface area contributed by atoms with Gasteiger partial charge in [-0.1, -0.05) is 26.0 Å². The van der Waals surface area contributed by atoms with Crippen LogP contribution in [0.4, 0.5) is 4.79 Å². The molecule has 2 amide bonds. The summed E-state index contributed by atoms with van der Waals surface area (Å²) in [5, 5.41) is 5.60. The highest BCUT2D eigenvalue weighted by molar-refractivity contribution is 5.91. The van der Waals surface area contributed by atoms with Gasteiger partial charge in [-0.3, -0.25) is 4.79 Å². The van der Waals surface area contributed by atoms with Crippen molar-refractivity contribution in [2.24, 2.45) is 5.92 Å². The lowest BCUT2D eigenvalue weighted by Gasteiger charge is -2.25. The second kappa shape index (κ2) is 9.85. The molecule has 2 N–H and O–H groups in total. The third-order valence-electron chi connectivity index (χ3n) is 3.52. The number of benzene rings is 1. The Morgan fingerprint density at radius 2 is 1.92 bits per heavy atom. The van der Waals surface area contributed by atoms with Gasteiger partial charge in [0, 0.05) is 12.6 Å². The minimum Gasteiger partial charge on any atom is -0.497 e. The Bertz CT molecular complexity index is 633. The monoisotopic (exact) mass is 362 g/mol. The molecule has 1 aromatic carbocycles. The van der Waals surface area contributed by atoms with Crippen LogP contribution in [0.2, 0.25) is 0 Å². The summed E-state index contributed by atoms with van der Waals surface area (Å²) in [6, 6.07) is 7.19. The average Bonchev–Trinajstić information content (AvgIpc) is 2.55. The molecule has 0 bridgehead atoms. The summed E-state index contributed by atoms with van der Waals surface area (Å²) in [6.07, 6.45) is 2.68. The highest BCUT2D eigenvalue weighted by Gasteiger charge is 2.21. The van der Waals surface area contributed by atoms with Gasteiger partial charge < -0.3 is 20.1 Å². The summed E-state index contributed by atoms with van der Waals surface area (Å²) in [7, 11) is 1.60. The molecule has 1 aromatic rings. The van der Waals surface area contributed by atoms with E-state index in [0.717, 1.165) is 11.3 Å². The van der Waals surface area contributed by atoms with Gasteiger partial charge in [0.1, 0.15) is 11.4 Å². The maximum Gasteiger partial charge on any atom is 0.407 e. The zero-order chi connectivity index (χ0) is 19.7. The van der Waals surface area contributed by atoms with Crippen LogP contribution in [0, 0.1) is 5.92 Å². The molecule has 0 spiro atoms. The van der Waals surface area contributed by atoms with Crippen LogP contribution in [0.3, 0.4) is 0 Å². The fourth-order valence-corrected chi connectivity index (χ4v) is 2.10. The van der Waals surface area contributed by atoms with E-state index in [1.807, 2.05) is 58.9 Å². The van der Waals surface area contributed by atoms with Crippen molar-refractivity contribution in [2.45, 2.75) is 46.3 Å². The van der Waals surface area contributed by atoms with Crippen LogP contribution in [0.5, 0.6) is 5.75 Å². The molecule has 0 aliphatic rings. The van der Waals surface area contributed by atoms with Crippen LogP contribution in [0.1, 0.15) is 40.2 Å². The molecule has 6 heteroatoms. The van der Waals surface area contributed by atoms with E-state index in [4.69, 9.17) is 9.47 Å². The Morgan fingerprint density at radius 1 is 1.23 bits per heavy atom. The minimum absolute atomic E-state index is 0.144. The van der Waals surface area contributed by atoms with Gasteiger partial charge in [-0.2, -0.15) is 0 Å². The Balaban J connectivity index is 2.56. The van der Waals surface area contributed by atoms with E-state index in [0.29, 0.717) is 6.54 Å². The zero-order valence-corrected chi connectivity index (χ0v) is 16.5. The maximum atomic E-state index is 12.0. The van der Waals surface area contributed by atoms with Gasteiger partial charge in [0.05, 0.1) is 13.2 Å². The number of carbonyl (C=O) groups excluding carboxylic acids is 2. The Morgan fingerprint density at radius 3 is 2.50 bits per heavy atom. The molecule has 0 saturated heterocycles. The maximum absolute atomic E-state index is 12.0. The first-order chi connectivity index (χ1) is 12.1. The first-order valence-corrected chi connectivity index (χ1v) is 8.70. The lowest BCUT2D eigenvalue weighted by Crippen LogP contribution is -2.47. The third kappa shape index (κ3) is 8.55. The van der Waals surface area contributed by atoms with Gasteiger partial charge in [0.2, 0.25) is 5.91 Å². The summed E-state index contributed by atoms with van der Waals surface area (Å²) in [5.41, 5.74) is 0.306. The molecule has 1 unspecified atom stereocenters. The van der Waals surface area contributed by atoms with Crippen molar-refractivity contribution < 1.29 is 19.1 Å². The van der Waals surface area contributed by atoms with Crippen LogP contribution in [0.25, 0.3) is 6.08 Å². The molecule has 1 rings (SSSR count). The Labute approximate surface area is 156 Å². The van der Waals surface area contributed by atoms with Crippen LogP contribution >= 0.6 is 0 Å². The van der Waals surface area contributed by atoms with Crippen molar-refractivity contribution in [3.8, 4) is 5.75 Å². The normalized spacial score (nSPS) is 12.7. The number of rotatable bonds is 7. The van der Waals surface area contributed by atoms with Crippen molar-refractivity contribution in [3.05, 3.63) is 35.9 Å². The van der Waals surface area contributed by atoms with Gasteiger partial charge >= 0.3 is 6.09 Å². The summed E-state index contributed by atoms with van der Waals surface area (Å²) in [5.74, 6) is 0.642. The Hall–Kier alpha value is -2.50. The van der Waals surface area contributed by atoms with Crippen molar-refractivity contribution >= 4 is 18.1 Å². The largest absolute Gasteiger partial charge is 0.497 e. The predicted molar refractivity (Wildman–Crippen MR) is 103 cm³/mol. The number of hydrogen-bond donors (Lipinski definition) is 2. The molecular weight excluding hydrogens is 332 g/mol. The molecule has 1 atom stereocenters. The number of alkyl carbamates (subject to hydrolysis) is 1. The van der Waals surface area contributed by atoms with Crippen LogP contribution in [-0.4, -0.2) is 37.3 Å². The highest BCUT2D eigenvalue weighted by Crippen LogP contribution is 2.13. The topological polar surface area (TPSA) is 76.7 Å². The number of methoxy groups -OCH3 is 1.